The summed E-state index contributed by atoms with van der Waals surface area (Å²) < 4.78 is 22.4. The van der Waals surface area contributed by atoms with Crippen LogP contribution in [-0.2, 0) is 11.0 Å². The molecular weight excluding hydrogens is 383 g/mol. The first kappa shape index (κ1) is 22.1. The summed E-state index contributed by atoms with van der Waals surface area (Å²) in [6, 6.07) is 12.0. The second-order valence-electron chi connectivity index (χ2n) is 6.20. The van der Waals surface area contributed by atoms with E-state index in [-0.39, 0.29) is 12.2 Å². The zero-order valence-corrected chi connectivity index (χ0v) is 16.6. The topological polar surface area (TPSA) is 113 Å². The van der Waals surface area contributed by atoms with Crippen molar-refractivity contribution in [3.8, 4) is 11.5 Å². The molecule has 0 saturated heterocycles. The lowest BCUT2D eigenvalue weighted by Gasteiger charge is -2.14. The molecule has 0 saturated carbocycles. The van der Waals surface area contributed by atoms with E-state index in [4.69, 9.17) is 24.4 Å². The third-order valence-electron chi connectivity index (χ3n) is 4.02. The molecule has 0 aromatic heterocycles. The third kappa shape index (κ3) is 6.46. The van der Waals surface area contributed by atoms with Crippen LogP contribution in [0.15, 0.2) is 42.5 Å². The number of benzene rings is 2. The van der Waals surface area contributed by atoms with Crippen LogP contribution in [0.1, 0.15) is 41.3 Å². The minimum Gasteiger partial charge on any atom is -0.494 e. The molecule has 2 rings (SSSR count). The van der Waals surface area contributed by atoms with Crippen molar-refractivity contribution in [1.82, 2.24) is 0 Å². The Labute approximate surface area is 164 Å². The summed E-state index contributed by atoms with van der Waals surface area (Å²) in [5.74, 6) is 1.17. The largest absolute Gasteiger partial charge is 0.494 e. The van der Waals surface area contributed by atoms with Gasteiger partial charge in [0.15, 0.2) is 0 Å². The third-order valence-corrected chi connectivity index (χ3v) is 4.80. The van der Waals surface area contributed by atoms with Crippen LogP contribution in [0.25, 0.3) is 0 Å². The van der Waals surface area contributed by atoms with Crippen molar-refractivity contribution in [2.45, 2.75) is 26.2 Å². The predicted molar refractivity (Wildman–Crippen MR) is 105 cm³/mol. The molecular formula is C20H25O7P. The molecule has 3 N–H and O–H groups in total. The van der Waals surface area contributed by atoms with Crippen LogP contribution >= 0.6 is 7.60 Å². The van der Waals surface area contributed by atoms with E-state index < -0.39 is 13.1 Å². The van der Waals surface area contributed by atoms with Crippen molar-refractivity contribution in [2.75, 3.05) is 19.8 Å². The molecule has 0 atom stereocenters. The van der Waals surface area contributed by atoms with Crippen LogP contribution in [0.3, 0.4) is 0 Å². The summed E-state index contributed by atoms with van der Waals surface area (Å²) in [6.45, 7) is 2.87. The summed E-state index contributed by atoms with van der Waals surface area (Å²) in [5, 5.41) is 8.88. The highest BCUT2D eigenvalue weighted by Crippen LogP contribution is 2.40. The summed E-state index contributed by atoms with van der Waals surface area (Å²) >= 11 is 0. The fraction of sp³-hybridized carbons (Fsp3) is 0.350. The van der Waals surface area contributed by atoms with E-state index in [1.165, 1.54) is 12.1 Å². The van der Waals surface area contributed by atoms with E-state index in [2.05, 4.69) is 0 Å². The van der Waals surface area contributed by atoms with Crippen LogP contribution in [-0.4, -0.2) is 40.2 Å². The molecule has 0 bridgehead atoms. The molecule has 2 aromatic rings. The van der Waals surface area contributed by atoms with Gasteiger partial charge < -0.3 is 24.4 Å². The van der Waals surface area contributed by atoms with Gasteiger partial charge in [0.2, 0.25) is 0 Å². The molecule has 0 fully saturated rings. The maximum atomic E-state index is 11.9. The monoisotopic (exact) mass is 408 g/mol. The Morgan fingerprint density at radius 2 is 1.75 bits per heavy atom. The summed E-state index contributed by atoms with van der Waals surface area (Å²) in [5.41, 5.74) is 0.453. The second-order valence-corrected chi connectivity index (χ2v) is 7.70. The van der Waals surface area contributed by atoms with Gasteiger partial charge >= 0.3 is 7.60 Å². The van der Waals surface area contributed by atoms with E-state index >= 15 is 0 Å². The van der Waals surface area contributed by atoms with Crippen molar-refractivity contribution in [3.63, 3.8) is 0 Å². The molecule has 0 heterocycles. The number of carbonyl (C=O) groups excluding carboxylic acids is 1. The number of rotatable bonds is 11. The van der Waals surface area contributed by atoms with Gasteiger partial charge in [-0.1, -0.05) is 24.3 Å². The minimum atomic E-state index is -4.87. The highest BCUT2D eigenvalue weighted by molar-refractivity contribution is 7.70. The molecule has 7 nitrogen and oxygen atoms in total. The van der Waals surface area contributed by atoms with Gasteiger partial charge in [0.25, 0.3) is 5.52 Å². The van der Waals surface area contributed by atoms with E-state index in [9.17, 15) is 9.36 Å². The fourth-order valence-electron chi connectivity index (χ4n) is 2.62. The van der Waals surface area contributed by atoms with E-state index in [0.717, 1.165) is 16.9 Å². The average Bonchev–Trinajstić information content (AvgIpc) is 2.66. The number of unbranched alkanes of at least 4 members (excludes halogenated alkanes) is 1. The lowest BCUT2D eigenvalue weighted by Crippen LogP contribution is -2.05. The Bertz CT molecular complexity index is 827. The highest BCUT2D eigenvalue weighted by Gasteiger charge is 2.28. The van der Waals surface area contributed by atoms with Gasteiger partial charge in [0.05, 0.1) is 13.2 Å². The molecule has 0 amide bonds. The lowest BCUT2D eigenvalue weighted by atomic mass is 10.0. The quantitative estimate of drug-likeness (QED) is 0.387. The summed E-state index contributed by atoms with van der Waals surface area (Å²) in [6.07, 6.45) is 1.72. The molecule has 0 spiro atoms. The van der Waals surface area contributed by atoms with Gasteiger partial charge in [0.1, 0.15) is 11.5 Å². The van der Waals surface area contributed by atoms with Gasteiger partial charge in [-0.2, -0.15) is 0 Å². The van der Waals surface area contributed by atoms with Crippen molar-refractivity contribution < 1.29 is 33.7 Å². The molecule has 28 heavy (non-hydrogen) atoms. The van der Waals surface area contributed by atoms with Crippen molar-refractivity contribution in [3.05, 3.63) is 59.2 Å². The standard InChI is InChI=1S/C20H25O7P/c1-2-26-18-9-5-15(6-10-18)13-16-7-8-17(20(22)28(23,24)25)14-19(16)27-12-4-3-11-21/h5-10,14,21H,2-4,11-13H2,1H3,(H2,23,24,25). The van der Waals surface area contributed by atoms with Crippen LogP contribution < -0.4 is 9.47 Å². The van der Waals surface area contributed by atoms with Gasteiger partial charge in [-0.05, 0) is 49.1 Å². The van der Waals surface area contributed by atoms with E-state index in [0.29, 0.717) is 38.2 Å². The number of carbonyl (C=O) groups is 1. The van der Waals surface area contributed by atoms with Gasteiger partial charge in [-0.3, -0.25) is 9.36 Å². The van der Waals surface area contributed by atoms with Crippen molar-refractivity contribution in [2.24, 2.45) is 0 Å². The zero-order valence-electron chi connectivity index (χ0n) is 15.7. The lowest BCUT2D eigenvalue weighted by molar-refractivity contribution is 0.104. The normalized spacial score (nSPS) is 11.3. The number of aliphatic hydroxyl groups excluding tert-OH is 1. The highest BCUT2D eigenvalue weighted by atomic mass is 31.2. The van der Waals surface area contributed by atoms with Gasteiger partial charge in [-0.25, -0.2) is 0 Å². The van der Waals surface area contributed by atoms with Crippen LogP contribution in [0.4, 0.5) is 0 Å². The van der Waals surface area contributed by atoms with E-state index in [1.54, 1.807) is 6.07 Å². The Kier molecular flexibility index (Phi) is 8.20. The van der Waals surface area contributed by atoms with Gasteiger partial charge in [-0.15, -0.1) is 0 Å². The van der Waals surface area contributed by atoms with E-state index in [1.807, 2.05) is 31.2 Å². The fourth-order valence-corrected chi connectivity index (χ4v) is 3.10. The molecule has 0 aliphatic carbocycles. The van der Waals surface area contributed by atoms with Crippen molar-refractivity contribution >= 4 is 13.1 Å². The predicted octanol–water partition coefficient (Wildman–Crippen LogP) is 3.15. The Morgan fingerprint density at radius 3 is 2.36 bits per heavy atom. The molecule has 0 aliphatic heterocycles. The minimum absolute atomic E-state index is 0.0547. The first-order chi connectivity index (χ1) is 13.3. The average molecular weight is 408 g/mol. The van der Waals surface area contributed by atoms with Gasteiger partial charge in [0, 0.05) is 18.6 Å². The number of ether oxygens (including phenoxy) is 2. The number of hydrogen-bond acceptors (Lipinski definition) is 5. The van der Waals surface area contributed by atoms with Crippen LogP contribution in [0.2, 0.25) is 0 Å². The Hall–Kier alpha value is -2.18. The molecule has 0 unspecified atom stereocenters. The zero-order chi connectivity index (χ0) is 20.6. The van der Waals surface area contributed by atoms with Crippen molar-refractivity contribution in [1.29, 1.82) is 0 Å². The van der Waals surface area contributed by atoms with Crippen LogP contribution in [0.5, 0.6) is 11.5 Å². The maximum absolute atomic E-state index is 11.9. The molecule has 8 heteroatoms. The smallest absolute Gasteiger partial charge is 0.396 e. The van der Waals surface area contributed by atoms with Crippen LogP contribution in [0, 0.1) is 0 Å². The maximum Gasteiger partial charge on any atom is 0.396 e. The summed E-state index contributed by atoms with van der Waals surface area (Å²) in [4.78, 5) is 30.2. The first-order valence-electron chi connectivity index (χ1n) is 9.04. The second kappa shape index (κ2) is 10.4. The first-order valence-corrected chi connectivity index (χ1v) is 10.6. The molecule has 0 radical (unpaired) electrons. The molecule has 0 aliphatic rings. The SMILES string of the molecule is CCOc1ccc(Cc2ccc(C(=O)P(=O)(O)O)cc2OCCCCO)cc1. The molecule has 2 aromatic carbocycles. The number of aliphatic hydroxyl groups is 1. The summed E-state index contributed by atoms with van der Waals surface area (Å²) in [7, 11) is -4.87. The molecule has 152 valence electrons. The number of hydrogen-bond donors (Lipinski definition) is 3. The Morgan fingerprint density at radius 1 is 1.04 bits per heavy atom. The Balaban J connectivity index is 2.25.